The lowest BCUT2D eigenvalue weighted by atomic mass is 9.94. The van der Waals surface area contributed by atoms with Gasteiger partial charge in [0.05, 0.1) is 19.2 Å². The molecule has 1 saturated heterocycles. The van der Waals surface area contributed by atoms with Crippen molar-refractivity contribution < 1.29 is 14.3 Å². The molecule has 0 aromatic rings. The predicted octanol–water partition coefficient (Wildman–Crippen LogP) is 1.36. The maximum absolute atomic E-state index is 11.7. The van der Waals surface area contributed by atoms with Crippen LogP contribution < -0.4 is 5.73 Å². The third kappa shape index (κ3) is 3.85. The van der Waals surface area contributed by atoms with Gasteiger partial charge >= 0.3 is 6.09 Å². The molecule has 1 heterocycles. The quantitative estimate of drug-likeness (QED) is 0.814. The maximum Gasteiger partial charge on any atom is 0.410 e. The minimum Gasteiger partial charge on any atom is -0.444 e. The summed E-state index contributed by atoms with van der Waals surface area (Å²) in [6, 6.07) is 0. The average molecular weight is 244 g/mol. The second-order valence-corrected chi connectivity index (χ2v) is 5.89. The Morgan fingerprint density at radius 3 is 2.29 bits per heavy atom. The topological polar surface area (TPSA) is 64.8 Å². The van der Waals surface area contributed by atoms with Crippen LogP contribution in [0.25, 0.3) is 0 Å². The van der Waals surface area contributed by atoms with Crippen molar-refractivity contribution in [2.75, 3.05) is 19.6 Å². The van der Waals surface area contributed by atoms with Crippen LogP contribution in [0.4, 0.5) is 4.79 Å². The molecule has 2 N–H and O–H groups in total. The second kappa shape index (κ2) is 4.82. The first kappa shape index (κ1) is 14.3. The number of rotatable bonds is 3. The molecule has 0 aliphatic carbocycles. The lowest BCUT2D eigenvalue weighted by Gasteiger charge is -2.49. The Bertz CT molecular complexity index is 278. The molecule has 0 aromatic carbocycles. The molecule has 1 rings (SSSR count). The fourth-order valence-electron chi connectivity index (χ4n) is 1.86. The summed E-state index contributed by atoms with van der Waals surface area (Å²) in [5, 5.41) is 0. The molecule has 0 atom stereocenters. The van der Waals surface area contributed by atoms with Gasteiger partial charge in [-0.15, -0.1) is 0 Å². The molecule has 5 nitrogen and oxygen atoms in total. The van der Waals surface area contributed by atoms with Crippen LogP contribution in [0.15, 0.2) is 0 Å². The van der Waals surface area contributed by atoms with Crippen molar-refractivity contribution in [1.82, 2.24) is 4.90 Å². The maximum atomic E-state index is 11.7. The van der Waals surface area contributed by atoms with Crippen LogP contribution in [0.5, 0.6) is 0 Å². The van der Waals surface area contributed by atoms with Gasteiger partial charge in [0, 0.05) is 6.54 Å². The van der Waals surface area contributed by atoms with Gasteiger partial charge in [0.25, 0.3) is 0 Å². The van der Waals surface area contributed by atoms with E-state index >= 15 is 0 Å². The summed E-state index contributed by atoms with van der Waals surface area (Å²) in [5.74, 6) is 0. The van der Waals surface area contributed by atoms with Crippen LogP contribution in [0.1, 0.15) is 34.6 Å². The average Bonchev–Trinajstić information content (AvgIpc) is 2.06. The van der Waals surface area contributed by atoms with Crippen molar-refractivity contribution in [3.05, 3.63) is 0 Å². The standard InChI is InChI=1S/C12H24N2O3/c1-9(2)16-12(6-13)7-14(8-12)10(15)17-11(3,4)5/h9H,6-8,13H2,1-5H3. The van der Waals surface area contributed by atoms with Gasteiger partial charge in [-0.3, -0.25) is 0 Å². The lowest BCUT2D eigenvalue weighted by molar-refractivity contribution is -0.154. The Morgan fingerprint density at radius 1 is 1.41 bits per heavy atom. The Balaban J connectivity index is 2.46. The predicted molar refractivity (Wildman–Crippen MR) is 65.8 cm³/mol. The molecule has 0 saturated carbocycles. The monoisotopic (exact) mass is 244 g/mol. The van der Waals surface area contributed by atoms with Crippen molar-refractivity contribution in [3.8, 4) is 0 Å². The first-order valence-electron chi connectivity index (χ1n) is 6.03. The summed E-state index contributed by atoms with van der Waals surface area (Å²) in [6.07, 6.45) is -0.187. The van der Waals surface area contributed by atoms with Crippen molar-refractivity contribution in [3.63, 3.8) is 0 Å². The smallest absolute Gasteiger partial charge is 0.410 e. The highest BCUT2D eigenvalue weighted by atomic mass is 16.6. The number of carbonyl (C=O) groups is 1. The summed E-state index contributed by atoms with van der Waals surface area (Å²) >= 11 is 0. The first-order chi connectivity index (χ1) is 7.67. The van der Waals surface area contributed by atoms with Gasteiger partial charge < -0.3 is 20.1 Å². The van der Waals surface area contributed by atoms with Crippen molar-refractivity contribution in [1.29, 1.82) is 0 Å². The summed E-state index contributed by atoms with van der Waals surface area (Å²) in [4.78, 5) is 13.4. The number of amides is 1. The van der Waals surface area contributed by atoms with E-state index in [2.05, 4.69) is 0 Å². The summed E-state index contributed by atoms with van der Waals surface area (Å²) in [6.45, 7) is 10.9. The third-order valence-electron chi connectivity index (χ3n) is 2.47. The van der Waals surface area contributed by atoms with Crippen LogP contribution in [-0.4, -0.2) is 47.9 Å². The molecule has 0 aromatic heterocycles. The van der Waals surface area contributed by atoms with E-state index in [4.69, 9.17) is 15.2 Å². The van der Waals surface area contributed by atoms with Crippen molar-refractivity contribution in [2.45, 2.75) is 51.9 Å². The molecule has 1 aliphatic heterocycles. The Kier molecular flexibility index (Phi) is 4.04. The van der Waals surface area contributed by atoms with Crippen LogP contribution in [0, 0.1) is 0 Å². The zero-order chi connectivity index (χ0) is 13.3. The van der Waals surface area contributed by atoms with E-state index in [1.165, 1.54) is 0 Å². The van der Waals surface area contributed by atoms with Gasteiger partial charge in [-0.05, 0) is 34.6 Å². The summed E-state index contributed by atoms with van der Waals surface area (Å²) in [7, 11) is 0. The molecule has 5 heteroatoms. The number of nitrogens with zero attached hydrogens (tertiary/aromatic N) is 1. The Hall–Kier alpha value is -0.810. The molecular formula is C12H24N2O3. The first-order valence-corrected chi connectivity index (χ1v) is 6.03. The minimum atomic E-state index is -0.461. The number of likely N-dealkylation sites (tertiary alicyclic amines) is 1. The molecular weight excluding hydrogens is 220 g/mol. The molecule has 1 amide bonds. The van der Waals surface area contributed by atoms with E-state index in [0.717, 1.165) is 0 Å². The van der Waals surface area contributed by atoms with Crippen LogP contribution in [0.3, 0.4) is 0 Å². The Labute approximate surface area is 103 Å². The molecule has 100 valence electrons. The zero-order valence-electron chi connectivity index (χ0n) is 11.4. The summed E-state index contributed by atoms with van der Waals surface area (Å²) < 4.78 is 11.0. The van der Waals surface area contributed by atoms with E-state index in [0.29, 0.717) is 19.6 Å². The van der Waals surface area contributed by atoms with E-state index in [9.17, 15) is 4.79 Å². The van der Waals surface area contributed by atoms with E-state index in [1.807, 2.05) is 34.6 Å². The van der Waals surface area contributed by atoms with Crippen LogP contribution in [-0.2, 0) is 9.47 Å². The molecule has 1 fully saturated rings. The number of ether oxygens (including phenoxy) is 2. The molecule has 1 aliphatic rings. The molecule has 0 unspecified atom stereocenters. The number of nitrogens with two attached hydrogens (primary N) is 1. The highest BCUT2D eigenvalue weighted by Crippen LogP contribution is 2.27. The second-order valence-electron chi connectivity index (χ2n) is 5.89. The minimum absolute atomic E-state index is 0.110. The summed E-state index contributed by atoms with van der Waals surface area (Å²) in [5.41, 5.74) is 4.86. The van der Waals surface area contributed by atoms with Crippen LogP contribution >= 0.6 is 0 Å². The van der Waals surface area contributed by atoms with Crippen LogP contribution in [0.2, 0.25) is 0 Å². The lowest BCUT2D eigenvalue weighted by Crippen LogP contribution is -2.69. The SMILES string of the molecule is CC(C)OC1(CN)CN(C(=O)OC(C)(C)C)C1. The highest BCUT2D eigenvalue weighted by molar-refractivity contribution is 5.69. The fourth-order valence-corrected chi connectivity index (χ4v) is 1.86. The number of carbonyl (C=O) groups excluding carboxylic acids is 1. The highest BCUT2D eigenvalue weighted by Gasteiger charge is 2.47. The Morgan fingerprint density at radius 2 is 1.94 bits per heavy atom. The van der Waals surface area contributed by atoms with Gasteiger partial charge in [0.1, 0.15) is 11.2 Å². The third-order valence-corrected chi connectivity index (χ3v) is 2.47. The molecule has 0 spiro atoms. The van der Waals surface area contributed by atoms with E-state index in [-0.39, 0.29) is 17.8 Å². The fraction of sp³-hybridized carbons (Fsp3) is 0.917. The van der Waals surface area contributed by atoms with Gasteiger partial charge in [0.2, 0.25) is 0 Å². The number of hydrogen-bond donors (Lipinski definition) is 1. The molecule has 0 bridgehead atoms. The van der Waals surface area contributed by atoms with Crippen molar-refractivity contribution >= 4 is 6.09 Å². The number of hydrogen-bond acceptors (Lipinski definition) is 4. The van der Waals surface area contributed by atoms with Gasteiger partial charge in [0.15, 0.2) is 0 Å². The normalized spacial score (nSPS) is 19.1. The molecule has 0 radical (unpaired) electrons. The van der Waals surface area contributed by atoms with Gasteiger partial charge in [-0.25, -0.2) is 4.79 Å². The largest absolute Gasteiger partial charge is 0.444 e. The van der Waals surface area contributed by atoms with E-state index in [1.54, 1.807) is 4.90 Å². The van der Waals surface area contributed by atoms with Gasteiger partial charge in [-0.1, -0.05) is 0 Å². The molecule has 17 heavy (non-hydrogen) atoms. The van der Waals surface area contributed by atoms with E-state index < -0.39 is 5.60 Å². The van der Waals surface area contributed by atoms with Crippen molar-refractivity contribution in [2.24, 2.45) is 5.73 Å². The zero-order valence-corrected chi connectivity index (χ0v) is 11.4. The van der Waals surface area contributed by atoms with Gasteiger partial charge in [-0.2, -0.15) is 0 Å².